The predicted molar refractivity (Wildman–Crippen MR) is 96.2 cm³/mol. The Hall–Kier alpha value is -2.40. The van der Waals surface area contributed by atoms with Crippen LogP contribution in [-0.4, -0.2) is 39.7 Å². The number of aliphatic hydroxyl groups excluding tert-OH is 1. The molecule has 132 valence electrons. The Kier molecular flexibility index (Phi) is 5.66. The second-order valence-corrected chi connectivity index (χ2v) is 6.63. The summed E-state index contributed by atoms with van der Waals surface area (Å²) in [6.07, 6.45) is 3.10. The van der Waals surface area contributed by atoms with Crippen LogP contribution in [0.4, 0.5) is 0 Å². The Morgan fingerprint density at radius 1 is 1.12 bits per heavy atom. The lowest BCUT2D eigenvalue weighted by Gasteiger charge is -2.36. The highest BCUT2D eigenvalue weighted by Gasteiger charge is 2.29. The van der Waals surface area contributed by atoms with Gasteiger partial charge in [0.2, 0.25) is 5.91 Å². The predicted octanol–water partition coefficient (Wildman–Crippen LogP) is 1.69. The van der Waals surface area contributed by atoms with Crippen molar-refractivity contribution in [1.29, 1.82) is 0 Å². The van der Waals surface area contributed by atoms with Crippen molar-refractivity contribution in [2.75, 3.05) is 13.1 Å². The third-order valence-electron chi connectivity index (χ3n) is 4.88. The smallest absolute Gasteiger partial charge is 0.250 e. The molecule has 1 aromatic carbocycles. The van der Waals surface area contributed by atoms with E-state index in [4.69, 9.17) is 0 Å². The van der Waals surface area contributed by atoms with Gasteiger partial charge in [0.15, 0.2) is 0 Å². The molecule has 1 amide bonds. The number of carbonyl (C=O) groups excluding carboxylic acids is 1. The first-order valence-corrected chi connectivity index (χ1v) is 8.79. The molecule has 0 spiro atoms. The fourth-order valence-electron chi connectivity index (χ4n) is 3.38. The summed E-state index contributed by atoms with van der Waals surface area (Å²) in [5.41, 5.74) is 1.12. The van der Waals surface area contributed by atoms with Gasteiger partial charge in [-0.25, -0.2) is 0 Å². The van der Waals surface area contributed by atoms with Crippen molar-refractivity contribution in [3.05, 3.63) is 70.6 Å². The number of piperidine rings is 1. The Morgan fingerprint density at radius 3 is 2.60 bits per heavy atom. The fourth-order valence-corrected chi connectivity index (χ4v) is 3.38. The molecule has 25 heavy (non-hydrogen) atoms. The molecule has 2 heterocycles. The molecule has 1 aliphatic heterocycles. The monoisotopic (exact) mass is 340 g/mol. The fraction of sp³-hybridized carbons (Fsp3) is 0.400. The van der Waals surface area contributed by atoms with Crippen molar-refractivity contribution >= 4 is 5.91 Å². The van der Waals surface area contributed by atoms with E-state index in [1.807, 2.05) is 18.2 Å². The van der Waals surface area contributed by atoms with E-state index in [-0.39, 0.29) is 23.8 Å². The number of carbonyl (C=O) groups is 1. The van der Waals surface area contributed by atoms with Crippen molar-refractivity contribution < 1.29 is 9.90 Å². The molecule has 5 heteroatoms. The number of aromatic nitrogens is 1. The maximum absolute atomic E-state index is 12.4. The molecule has 0 radical (unpaired) electrons. The number of pyridine rings is 1. The quantitative estimate of drug-likeness (QED) is 0.901. The van der Waals surface area contributed by atoms with Gasteiger partial charge >= 0.3 is 0 Å². The molecule has 1 fully saturated rings. The number of benzene rings is 1. The lowest BCUT2D eigenvalue weighted by Crippen LogP contribution is -2.47. The molecule has 0 aliphatic carbocycles. The zero-order valence-electron chi connectivity index (χ0n) is 14.3. The maximum atomic E-state index is 12.4. The molecular weight excluding hydrogens is 316 g/mol. The molecule has 1 aromatic heterocycles. The number of β-amino-alcohol motifs (C(OH)–C–C–N with tert-alkyl or cyclic N) is 1. The van der Waals surface area contributed by atoms with Gasteiger partial charge < -0.3 is 14.6 Å². The summed E-state index contributed by atoms with van der Waals surface area (Å²) in [4.78, 5) is 25.8. The van der Waals surface area contributed by atoms with Gasteiger partial charge in [-0.2, -0.15) is 0 Å². The van der Waals surface area contributed by atoms with E-state index in [0.717, 1.165) is 12.8 Å². The number of likely N-dealkylation sites (tertiary alicyclic amines) is 1. The van der Waals surface area contributed by atoms with Crippen LogP contribution in [0.1, 0.15) is 18.4 Å². The Bertz CT molecular complexity index is 757. The van der Waals surface area contributed by atoms with Crippen LogP contribution in [0.2, 0.25) is 0 Å². The summed E-state index contributed by atoms with van der Waals surface area (Å²) in [7, 11) is 0. The highest BCUT2D eigenvalue weighted by molar-refractivity contribution is 5.76. The first-order valence-electron chi connectivity index (χ1n) is 8.79. The van der Waals surface area contributed by atoms with Crippen molar-refractivity contribution in [1.82, 2.24) is 9.47 Å². The summed E-state index contributed by atoms with van der Waals surface area (Å²) in [6, 6.07) is 15.1. The lowest BCUT2D eigenvalue weighted by molar-refractivity contribution is -0.135. The highest BCUT2D eigenvalue weighted by atomic mass is 16.3. The first-order chi connectivity index (χ1) is 12.1. The van der Waals surface area contributed by atoms with Gasteiger partial charge in [-0.3, -0.25) is 9.59 Å². The number of amides is 1. The lowest BCUT2D eigenvalue weighted by atomic mass is 9.88. The summed E-state index contributed by atoms with van der Waals surface area (Å²) in [5, 5.41) is 10.4. The van der Waals surface area contributed by atoms with Gasteiger partial charge in [-0.05, 0) is 30.4 Å². The number of hydrogen-bond donors (Lipinski definition) is 1. The minimum atomic E-state index is -0.502. The third kappa shape index (κ3) is 4.57. The molecule has 1 N–H and O–H groups in total. The molecule has 3 rings (SSSR count). The molecular formula is C20H24N2O3. The summed E-state index contributed by atoms with van der Waals surface area (Å²) in [5.74, 6) is 0.177. The Balaban J connectivity index is 1.51. The highest BCUT2D eigenvalue weighted by Crippen LogP contribution is 2.22. The van der Waals surface area contributed by atoms with Gasteiger partial charge in [0.25, 0.3) is 5.56 Å². The standard InChI is InChI=1S/C20H24N2O3/c23-18-15-22(12-9-17(18)14-16-6-2-1-3-7-16)20(25)10-13-21-11-5-4-8-19(21)24/h1-8,11,17-18,23H,9-10,12-15H2/t17-,18+/m1/s1. The van der Waals surface area contributed by atoms with Gasteiger partial charge in [0.1, 0.15) is 0 Å². The number of aryl methyl sites for hydroxylation is 1. The van der Waals surface area contributed by atoms with Gasteiger partial charge in [0, 0.05) is 38.3 Å². The molecule has 2 aromatic rings. The topological polar surface area (TPSA) is 62.5 Å². The van der Waals surface area contributed by atoms with Crippen molar-refractivity contribution in [2.45, 2.75) is 31.9 Å². The molecule has 0 bridgehead atoms. The van der Waals surface area contributed by atoms with Crippen LogP contribution in [-0.2, 0) is 17.8 Å². The molecule has 0 saturated carbocycles. The number of aliphatic hydroxyl groups is 1. The van der Waals surface area contributed by atoms with Crippen molar-refractivity contribution in [3.8, 4) is 0 Å². The largest absolute Gasteiger partial charge is 0.391 e. The van der Waals surface area contributed by atoms with E-state index in [1.54, 1.807) is 23.2 Å². The van der Waals surface area contributed by atoms with Crippen molar-refractivity contribution in [2.24, 2.45) is 5.92 Å². The maximum Gasteiger partial charge on any atom is 0.250 e. The van der Waals surface area contributed by atoms with Crippen LogP contribution in [0.25, 0.3) is 0 Å². The minimum absolute atomic E-state index is 0.00651. The molecule has 1 aliphatic rings. The van der Waals surface area contributed by atoms with Crippen LogP contribution in [0.5, 0.6) is 0 Å². The Labute approximate surface area is 147 Å². The van der Waals surface area contributed by atoms with Gasteiger partial charge in [-0.15, -0.1) is 0 Å². The second-order valence-electron chi connectivity index (χ2n) is 6.63. The van der Waals surface area contributed by atoms with Crippen LogP contribution in [0, 0.1) is 5.92 Å². The summed E-state index contributed by atoms with van der Waals surface area (Å²) < 4.78 is 1.54. The second kappa shape index (κ2) is 8.12. The van der Waals surface area contributed by atoms with E-state index in [2.05, 4.69) is 12.1 Å². The molecule has 2 atom stereocenters. The number of rotatable bonds is 5. The van der Waals surface area contributed by atoms with E-state index in [0.29, 0.717) is 19.6 Å². The first kappa shape index (κ1) is 17.4. The summed E-state index contributed by atoms with van der Waals surface area (Å²) >= 11 is 0. The van der Waals surface area contributed by atoms with Crippen LogP contribution in [0.15, 0.2) is 59.5 Å². The van der Waals surface area contributed by atoms with Crippen molar-refractivity contribution in [3.63, 3.8) is 0 Å². The molecule has 1 saturated heterocycles. The van der Waals surface area contributed by atoms with Crippen LogP contribution >= 0.6 is 0 Å². The SMILES string of the molecule is O=C(CCn1ccccc1=O)N1CC[C@H](Cc2ccccc2)[C@@H](O)C1. The van der Waals surface area contributed by atoms with Crippen LogP contribution in [0.3, 0.4) is 0 Å². The number of nitrogens with zero attached hydrogens (tertiary/aromatic N) is 2. The van der Waals surface area contributed by atoms with E-state index >= 15 is 0 Å². The third-order valence-corrected chi connectivity index (χ3v) is 4.88. The average molecular weight is 340 g/mol. The normalized spacial score (nSPS) is 20.4. The number of hydrogen-bond acceptors (Lipinski definition) is 3. The summed E-state index contributed by atoms with van der Waals surface area (Å²) in [6.45, 7) is 1.41. The molecule has 5 nitrogen and oxygen atoms in total. The minimum Gasteiger partial charge on any atom is -0.391 e. The van der Waals surface area contributed by atoms with E-state index in [9.17, 15) is 14.7 Å². The van der Waals surface area contributed by atoms with Crippen LogP contribution < -0.4 is 5.56 Å². The average Bonchev–Trinajstić information content (AvgIpc) is 2.63. The zero-order valence-corrected chi connectivity index (χ0v) is 14.3. The molecule has 0 unspecified atom stereocenters. The van der Waals surface area contributed by atoms with Gasteiger partial charge in [-0.1, -0.05) is 36.4 Å². The Morgan fingerprint density at radius 2 is 1.88 bits per heavy atom. The van der Waals surface area contributed by atoms with E-state index in [1.165, 1.54) is 16.2 Å². The zero-order chi connectivity index (χ0) is 17.6. The van der Waals surface area contributed by atoms with Gasteiger partial charge in [0.05, 0.1) is 6.10 Å². The van der Waals surface area contributed by atoms with E-state index < -0.39 is 6.10 Å².